The van der Waals surface area contributed by atoms with E-state index in [-0.39, 0.29) is 30.6 Å². The summed E-state index contributed by atoms with van der Waals surface area (Å²) in [6.07, 6.45) is 0. The Kier molecular flexibility index (Phi) is 5.73. The van der Waals surface area contributed by atoms with Crippen LogP contribution in [0.15, 0.2) is 69.6 Å². The third-order valence-corrected chi connectivity index (χ3v) is 4.25. The summed E-state index contributed by atoms with van der Waals surface area (Å²) in [5.41, 5.74) is 0.452. The summed E-state index contributed by atoms with van der Waals surface area (Å²) in [5.74, 6) is 0.765. The molecule has 0 unspecified atom stereocenters. The number of carbonyl (C=O) groups is 1. The second kappa shape index (κ2) is 8.19. The largest absolute Gasteiger partial charge is 0.486 e. The summed E-state index contributed by atoms with van der Waals surface area (Å²) < 4.78 is 25.8. The van der Waals surface area contributed by atoms with Crippen LogP contribution in [0.1, 0.15) is 21.9 Å². The molecule has 3 aromatic rings. The molecule has 0 aliphatic carbocycles. The Bertz CT molecular complexity index is 909. The second-order valence-corrected chi connectivity index (χ2v) is 6.68. The summed E-state index contributed by atoms with van der Waals surface area (Å²) in [6, 6.07) is 17.1. The molecule has 26 heavy (non-hydrogen) atoms. The van der Waals surface area contributed by atoms with Gasteiger partial charge in [0.1, 0.15) is 23.9 Å². The summed E-state index contributed by atoms with van der Waals surface area (Å²) >= 11 is 3.38. The fourth-order valence-electron chi connectivity index (χ4n) is 2.42. The first kappa shape index (κ1) is 18.2. The van der Waals surface area contributed by atoms with Crippen molar-refractivity contribution in [2.75, 3.05) is 7.05 Å². The molecule has 0 spiro atoms. The van der Waals surface area contributed by atoms with Gasteiger partial charge in [-0.15, -0.1) is 0 Å². The molecule has 0 bridgehead atoms. The van der Waals surface area contributed by atoms with Gasteiger partial charge in [-0.05, 0) is 36.4 Å². The summed E-state index contributed by atoms with van der Waals surface area (Å²) in [5, 5.41) is 0. The van der Waals surface area contributed by atoms with Crippen LogP contribution in [0.25, 0.3) is 0 Å². The highest BCUT2D eigenvalue weighted by Crippen LogP contribution is 2.20. The Labute approximate surface area is 159 Å². The predicted molar refractivity (Wildman–Crippen MR) is 99.4 cm³/mol. The van der Waals surface area contributed by atoms with E-state index in [1.165, 1.54) is 11.0 Å². The van der Waals surface area contributed by atoms with E-state index in [2.05, 4.69) is 15.9 Å². The molecular formula is C20H17BrFNO3. The van der Waals surface area contributed by atoms with Crippen LogP contribution >= 0.6 is 15.9 Å². The predicted octanol–water partition coefficient (Wildman–Crippen LogP) is 5.03. The second-order valence-electron chi connectivity index (χ2n) is 5.76. The SMILES string of the molecule is CN(Cc1ccccc1F)C(=O)c1ccc(COc2cccc(Br)c2)o1. The molecule has 1 aromatic heterocycles. The maximum Gasteiger partial charge on any atom is 0.289 e. The molecule has 6 heteroatoms. The molecule has 4 nitrogen and oxygen atoms in total. The van der Waals surface area contributed by atoms with Crippen LogP contribution in [-0.4, -0.2) is 17.9 Å². The number of furan rings is 1. The highest BCUT2D eigenvalue weighted by atomic mass is 79.9. The molecule has 1 heterocycles. The molecular weight excluding hydrogens is 401 g/mol. The Balaban J connectivity index is 1.61. The Morgan fingerprint density at radius 2 is 1.96 bits per heavy atom. The molecule has 2 aromatic carbocycles. The van der Waals surface area contributed by atoms with Crippen LogP contribution in [0.5, 0.6) is 5.75 Å². The molecule has 0 aliphatic rings. The number of hydrogen-bond donors (Lipinski definition) is 0. The fraction of sp³-hybridized carbons (Fsp3) is 0.150. The molecule has 0 fully saturated rings. The van der Waals surface area contributed by atoms with Crippen molar-refractivity contribution in [3.05, 3.63) is 88.0 Å². The molecule has 3 rings (SSSR count). The van der Waals surface area contributed by atoms with Crippen LogP contribution < -0.4 is 4.74 Å². The fourth-order valence-corrected chi connectivity index (χ4v) is 2.80. The number of benzene rings is 2. The molecule has 0 radical (unpaired) electrons. The van der Waals surface area contributed by atoms with Gasteiger partial charge in [-0.3, -0.25) is 4.79 Å². The summed E-state index contributed by atoms with van der Waals surface area (Å²) in [7, 11) is 1.61. The molecule has 0 saturated carbocycles. The zero-order valence-corrected chi connectivity index (χ0v) is 15.7. The minimum absolute atomic E-state index is 0.163. The monoisotopic (exact) mass is 417 g/mol. The smallest absolute Gasteiger partial charge is 0.289 e. The Morgan fingerprint density at radius 1 is 1.15 bits per heavy atom. The first-order valence-electron chi connectivity index (χ1n) is 7.99. The molecule has 134 valence electrons. The van der Waals surface area contributed by atoms with E-state index in [1.807, 2.05) is 24.3 Å². The van der Waals surface area contributed by atoms with E-state index in [0.29, 0.717) is 17.1 Å². The Morgan fingerprint density at radius 3 is 2.73 bits per heavy atom. The van der Waals surface area contributed by atoms with Crippen LogP contribution in [0.4, 0.5) is 4.39 Å². The van der Waals surface area contributed by atoms with Gasteiger partial charge < -0.3 is 14.1 Å². The number of hydrogen-bond acceptors (Lipinski definition) is 3. The van der Waals surface area contributed by atoms with E-state index in [9.17, 15) is 9.18 Å². The minimum atomic E-state index is -0.338. The van der Waals surface area contributed by atoms with E-state index in [0.717, 1.165) is 4.47 Å². The molecule has 1 amide bonds. The van der Waals surface area contributed by atoms with Crippen LogP contribution in [-0.2, 0) is 13.2 Å². The van der Waals surface area contributed by atoms with Crippen molar-refractivity contribution in [2.45, 2.75) is 13.2 Å². The minimum Gasteiger partial charge on any atom is -0.486 e. The third kappa shape index (κ3) is 4.52. The zero-order valence-electron chi connectivity index (χ0n) is 14.1. The van der Waals surface area contributed by atoms with Gasteiger partial charge in [0.25, 0.3) is 5.91 Å². The van der Waals surface area contributed by atoms with Gasteiger partial charge in [0, 0.05) is 23.6 Å². The zero-order chi connectivity index (χ0) is 18.5. The normalized spacial score (nSPS) is 10.6. The highest BCUT2D eigenvalue weighted by Gasteiger charge is 2.17. The maximum atomic E-state index is 13.7. The number of rotatable bonds is 6. The average Bonchev–Trinajstić information content (AvgIpc) is 3.10. The quantitative estimate of drug-likeness (QED) is 0.564. The first-order valence-corrected chi connectivity index (χ1v) is 8.78. The lowest BCUT2D eigenvalue weighted by Crippen LogP contribution is -2.26. The van der Waals surface area contributed by atoms with E-state index >= 15 is 0 Å². The lowest BCUT2D eigenvalue weighted by Gasteiger charge is -2.16. The third-order valence-electron chi connectivity index (χ3n) is 3.76. The summed E-state index contributed by atoms with van der Waals surface area (Å²) in [6.45, 7) is 0.372. The van der Waals surface area contributed by atoms with Gasteiger partial charge in [0.2, 0.25) is 0 Å². The van der Waals surface area contributed by atoms with Gasteiger partial charge in [-0.2, -0.15) is 0 Å². The lowest BCUT2D eigenvalue weighted by molar-refractivity contribution is 0.0748. The van der Waals surface area contributed by atoms with Crippen LogP contribution in [0, 0.1) is 5.82 Å². The van der Waals surface area contributed by atoms with Crippen molar-refractivity contribution < 1.29 is 18.3 Å². The van der Waals surface area contributed by atoms with Crippen LogP contribution in [0.3, 0.4) is 0 Å². The first-order chi connectivity index (χ1) is 12.5. The standard InChI is InChI=1S/C20H17BrFNO3/c1-23(12-14-5-2-3-8-18(14)22)20(24)19-10-9-17(26-19)13-25-16-7-4-6-15(21)11-16/h2-11H,12-13H2,1H3. The average molecular weight is 418 g/mol. The highest BCUT2D eigenvalue weighted by molar-refractivity contribution is 9.10. The lowest BCUT2D eigenvalue weighted by atomic mass is 10.2. The number of ether oxygens (including phenoxy) is 1. The van der Waals surface area contributed by atoms with Crippen molar-refractivity contribution in [1.29, 1.82) is 0 Å². The molecule has 0 atom stereocenters. The number of carbonyl (C=O) groups excluding carboxylic acids is 1. The van der Waals surface area contributed by atoms with Crippen LogP contribution in [0.2, 0.25) is 0 Å². The van der Waals surface area contributed by atoms with Crippen molar-refractivity contribution >= 4 is 21.8 Å². The number of amides is 1. The van der Waals surface area contributed by atoms with E-state index in [1.54, 1.807) is 37.4 Å². The number of nitrogens with zero attached hydrogens (tertiary/aromatic N) is 1. The van der Waals surface area contributed by atoms with E-state index < -0.39 is 0 Å². The van der Waals surface area contributed by atoms with Gasteiger partial charge in [-0.1, -0.05) is 40.2 Å². The molecule has 0 aliphatic heterocycles. The summed E-state index contributed by atoms with van der Waals surface area (Å²) in [4.78, 5) is 13.9. The van der Waals surface area contributed by atoms with Crippen molar-refractivity contribution in [3.8, 4) is 5.75 Å². The molecule has 0 saturated heterocycles. The topological polar surface area (TPSA) is 42.7 Å². The van der Waals surface area contributed by atoms with Crippen molar-refractivity contribution in [1.82, 2.24) is 4.90 Å². The van der Waals surface area contributed by atoms with Gasteiger partial charge in [0.05, 0.1) is 0 Å². The molecule has 0 N–H and O–H groups in total. The maximum absolute atomic E-state index is 13.7. The van der Waals surface area contributed by atoms with E-state index in [4.69, 9.17) is 9.15 Å². The van der Waals surface area contributed by atoms with Gasteiger partial charge in [-0.25, -0.2) is 4.39 Å². The number of halogens is 2. The van der Waals surface area contributed by atoms with Crippen molar-refractivity contribution in [3.63, 3.8) is 0 Å². The Hall–Kier alpha value is -2.60. The van der Waals surface area contributed by atoms with Gasteiger partial charge >= 0.3 is 0 Å². The van der Waals surface area contributed by atoms with Crippen molar-refractivity contribution in [2.24, 2.45) is 0 Å². The van der Waals surface area contributed by atoms with Gasteiger partial charge in [0.15, 0.2) is 5.76 Å².